The molecule has 1 atom stereocenters. The van der Waals surface area contributed by atoms with Gasteiger partial charge in [-0.25, -0.2) is 0 Å². The zero-order chi connectivity index (χ0) is 15.1. The summed E-state index contributed by atoms with van der Waals surface area (Å²) in [6, 6.07) is 7.70. The summed E-state index contributed by atoms with van der Waals surface area (Å²) in [6.45, 7) is 8.71. The van der Waals surface area contributed by atoms with Crippen LogP contribution in [0.15, 0.2) is 24.3 Å². The summed E-state index contributed by atoms with van der Waals surface area (Å²) < 4.78 is 10.9. The highest BCUT2D eigenvalue weighted by Gasteiger charge is 2.15. The number of nitrogens with one attached hydrogen (secondary N) is 1. The quantitative estimate of drug-likeness (QED) is 0.856. The van der Waals surface area contributed by atoms with E-state index in [0.29, 0.717) is 6.54 Å². The van der Waals surface area contributed by atoms with E-state index >= 15 is 0 Å². The second-order valence-corrected chi connectivity index (χ2v) is 5.32. The van der Waals surface area contributed by atoms with Crippen LogP contribution in [0, 0.1) is 6.92 Å². The van der Waals surface area contributed by atoms with E-state index in [9.17, 15) is 4.79 Å². The smallest absolute Gasteiger partial charge is 0.260 e. The summed E-state index contributed by atoms with van der Waals surface area (Å²) in [5, 5.41) is 2.91. The van der Waals surface area contributed by atoms with Crippen molar-refractivity contribution in [2.75, 3.05) is 39.4 Å². The molecule has 5 nitrogen and oxygen atoms in total. The largest absolute Gasteiger partial charge is 0.481 e. The van der Waals surface area contributed by atoms with Crippen LogP contribution in [0.2, 0.25) is 0 Å². The number of carbonyl (C=O) groups is 1. The van der Waals surface area contributed by atoms with E-state index < -0.39 is 6.10 Å². The van der Waals surface area contributed by atoms with Gasteiger partial charge in [0, 0.05) is 26.2 Å². The molecule has 5 heteroatoms. The first-order valence-electron chi connectivity index (χ1n) is 7.46. The van der Waals surface area contributed by atoms with E-state index in [1.165, 1.54) is 5.56 Å². The summed E-state index contributed by atoms with van der Waals surface area (Å²) in [6.07, 6.45) is -0.489. The van der Waals surface area contributed by atoms with Gasteiger partial charge in [-0.15, -0.1) is 0 Å². The molecule has 0 spiro atoms. The van der Waals surface area contributed by atoms with Crippen molar-refractivity contribution < 1.29 is 14.3 Å². The van der Waals surface area contributed by atoms with Crippen molar-refractivity contribution in [3.63, 3.8) is 0 Å². The maximum Gasteiger partial charge on any atom is 0.260 e. The van der Waals surface area contributed by atoms with E-state index in [-0.39, 0.29) is 5.91 Å². The number of amides is 1. The van der Waals surface area contributed by atoms with Gasteiger partial charge >= 0.3 is 0 Å². The molecule has 116 valence electrons. The molecule has 0 aromatic heterocycles. The van der Waals surface area contributed by atoms with Crippen LogP contribution in [-0.4, -0.2) is 56.3 Å². The predicted octanol–water partition coefficient (Wildman–Crippen LogP) is 1.21. The number of ether oxygens (including phenoxy) is 2. The van der Waals surface area contributed by atoms with Crippen molar-refractivity contribution in [3.05, 3.63) is 29.8 Å². The third kappa shape index (κ3) is 5.36. The molecule has 0 bridgehead atoms. The Hall–Kier alpha value is -1.59. The Bertz CT molecular complexity index is 441. The Morgan fingerprint density at radius 1 is 1.33 bits per heavy atom. The molecule has 0 aliphatic carbocycles. The molecule has 0 radical (unpaired) electrons. The summed E-state index contributed by atoms with van der Waals surface area (Å²) in [4.78, 5) is 14.3. The zero-order valence-electron chi connectivity index (χ0n) is 12.8. The molecule has 0 saturated carbocycles. The number of aryl methyl sites for hydroxylation is 1. The monoisotopic (exact) mass is 292 g/mol. The highest BCUT2D eigenvalue weighted by atomic mass is 16.5. The van der Waals surface area contributed by atoms with E-state index in [1.54, 1.807) is 6.92 Å². The third-order valence-corrected chi connectivity index (χ3v) is 3.53. The second-order valence-electron chi connectivity index (χ2n) is 5.32. The summed E-state index contributed by atoms with van der Waals surface area (Å²) in [5.41, 5.74) is 1.17. The molecule has 1 amide bonds. The lowest BCUT2D eigenvalue weighted by molar-refractivity contribution is -0.127. The van der Waals surface area contributed by atoms with E-state index in [0.717, 1.165) is 38.6 Å². The summed E-state index contributed by atoms with van der Waals surface area (Å²) in [7, 11) is 0. The molecule has 1 heterocycles. The molecular formula is C16H24N2O3. The molecule has 1 N–H and O–H groups in total. The lowest BCUT2D eigenvalue weighted by atomic mass is 10.2. The first-order chi connectivity index (χ1) is 10.1. The fourth-order valence-electron chi connectivity index (χ4n) is 2.18. The van der Waals surface area contributed by atoms with E-state index in [2.05, 4.69) is 10.2 Å². The number of nitrogens with zero attached hydrogens (tertiary/aromatic N) is 1. The number of benzene rings is 1. The van der Waals surface area contributed by atoms with Crippen LogP contribution < -0.4 is 10.1 Å². The van der Waals surface area contributed by atoms with Crippen molar-refractivity contribution in [2.45, 2.75) is 20.0 Å². The normalized spacial score (nSPS) is 17.2. The Morgan fingerprint density at radius 3 is 2.67 bits per heavy atom. The molecule has 1 saturated heterocycles. The molecule has 1 aromatic rings. The SMILES string of the molecule is Cc1ccc(O[C@@H](C)C(=O)NCCN2CCOCC2)cc1. The topological polar surface area (TPSA) is 50.8 Å². The molecule has 1 aliphatic rings. The maximum absolute atomic E-state index is 12.0. The maximum atomic E-state index is 12.0. The van der Waals surface area contributed by atoms with Crippen LogP contribution in [0.4, 0.5) is 0 Å². The zero-order valence-corrected chi connectivity index (χ0v) is 12.8. The van der Waals surface area contributed by atoms with Gasteiger partial charge in [0.2, 0.25) is 0 Å². The Balaban J connectivity index is 1.68. The second kappa shape index (κ2) is 8.00. The lowest BCUT2D eigenvalue weighted by Gasteiger charge is -2.26. The highest BCUT2D eigenvalue weighted by Crippen LogP contribution is 2.13. The van der Waals surface area contributed by atoms with Crippen molar-refractivity contribution in [1.82, 2.24) is 10.2 Å². The van der Waals surface area contributed by atoms with Gasteiger partial charge in [0.05, 0.1) is 13.2 Å². The van der Waals surface area contributed by atoms with Gasteiger partial charge in [-0.05, 0) is 26.0 Å². The van der Waals surface area contributed by atoms with Crippen LogP contribution in [0.1, 0.15) is 12.5 Å². The standard InChI is InChI=1S/C16H24N2O3/c1-13-3-5-15(6-4-13)21-14(2)16(19)17-7-8-18-9-11-20-12-10-18/h3-6,14H,7-12H2,1-2H3,(H,17,19)/t14-/m0/s1. The Morgan fingerprint density at radius 2 is 2.00 bits per heavy atom. The number of morpholine rings is 1. The van der Waals surface area contributed by atoms with Gasteiger partial charge in [-0.3, -0.25) is 9.69 Å². The average molecular weight is 292 g/mol. The van der Waals surface area contributed by atoms with Crippen LogP contribution in [0.3, 0.4) is 0 Å². The van der Waals surface area contributed by atoms with Crippen LogP contribution in [-0.2, 0) is 9.53 Å². The molecule has 1 aliphatic heterocycles. The summed E-state index contributed by atoms with van der Waals surface area (Å²) in [5.74, 6) is 0.639. The minimum absolute atomic E-state index is 0.0798. The number of hydrogen-bond acceptors (Lipinski definition) is 4. The van der Waals surface area contributed by atoms with Gasteiger partial charge in [0.25, 0.3) is 5.91 Å². The minimum Gasteiger partial charge on any atom is -0.481 e. The van der Waals surface area contributed by atoms with Crippen LogP contribution in [0.5, 0.6) is 5.75 Å². The Kier molecular flexibility index (Phi) is 6.02. The Labute approximate surface area is 126 Å². The number of carbonyl (C=O) groups excluding carboxylic acids is 1. The van der Waals surface area contributed by atoms with Crippen LogP contribution >= 0.6 is 0 Å². The first-order valence-corrected chi connectivity index (χ1v) is 7.46. The predicted molar refractivity (Wildman–Crippen MR) is 81.5 cm³/mol. The number of rotatable bonds is 6. The molecule has 0 unspecified atom stereocenters. The molecule has 21 heavy (non-hydrogen) atoms. The molecule has 1 aromatic carbocycles. The molecule has 1 fully saturated rings. The van der Waals surface area contributed by atoms with E-state index in [4.69, 9.17) is 9.47 Å². The molecule has 2 rings (SSSR count). The minimum atomic E-state index is -0.489. The van der Waals surface area contributed by atoms with Crippen molar-refractivity contribution in [3.8, 4) is 5.75 Å². The third-order valence-electron chi connectivity index (χ3n) is 3.53. The molecular weight excluding hydrogens is 268 g/mol. The van der Waals surface area contributed by atoms with Gasteiger partial charge < -0.3 is 14.8 Å². The van der Waals surface area contributed by atoms with Gasteiger partial charge in [0.1, 0.15) is 5.75 Å². The number of hydrogen-bond donors (Lipinski definition) is 1. The van der Waals surface area contributed by atoms with E-state index in [1.807, 2.05) is 31.2 Å². The fraction of sp³-hybridized carbons (Fsp3) is 0.562. The van der Waals surface area contributed by atoms with Crippen molar-refractivity contribution in [1.29, 1.82) is 0 Å². The van der Waals surface area contributed by atoms with Crippen LogP contribution in [0.25, 0.3) is 0 Å². The van der Waals surface area contributed by atoms with Crippen molar-refractivity contribution in [2.24, 2.45) is 0 Å². The van der Waals surface area contributed by atoms with Gasteiger partial charge in [-0.2, -0.15) is 0 Å². The van der Waals surface area contributed by atoms with Gasteiger partial charge in [0.15, 0.2) is 6.10 Å². The highest BCUT2D eigenvalue weighted by molar-refractivity contribution is 5.80. The first kappa shape index (κ1) is 15.8. The van der Waals surface area contributed by atoms with Gasteiger partial charge in [-0.1, -0.05) is 17.7 Å². The fourth-order valence-corrected chi connectivity index (χ4v) is 2.18. The lowest BCUT2D eigenvalue weighted by Crippen LogP contribution is -2.43. The van der Waals surface area contributed by atoms with Crippen molar-refractivity contribution >= 4 is 5.91 Å². The summed E-state index contributed by atoms with van der Waals surface area (Å²) >= 11 is 0. The average Bonchev–Trinajstić information content (AvgIpc) is 2.50.